The maximum Gasteiger partial charge on any atom is 0.230 e. The Morgan fingerprint density at radius 3 is 2.67 bits per heavy atom. The van der Waals surface area contributed by atoms with E-state index >= 15 is 0 Å². The second-order valence-corrected chi connectivity index (χ2v) is 3.05. The van der Waals surface area contributed by atoms with Crippen molar-refractivity contribution in [3.8, 4) is 0 Å². The molecule has 0 saturated carbocycles. The molecule has 0 aliphatic carbocycles. The van der Waals surface area contributed by atoms with E-state index < -0.39 is 6.10 Å². The number of ketones is 1. The Hall–Kier alpha value is -0.900. The fraction of sp³-hybridized carbons (Fsp3) is 0.750. The molecule has 1 rings (SSSR count). The summed E-state index contributed by atoms with van der Waals surface area (Å²) in [4.78, 5) is 23.2. The van der Waals surface area contributed by atoms with E-state index in [1.54, 1.807) is 0 Å². The summed E-state index contributed by atoms with van der Waals surface area (Å²) in [7, 11) is 0. The first-order valence-corrected chi connectivity index (χ1v) is 4.11. The lowest BCUT2D eigenvalue weighted by atomic mass is 10.2. The van der Waals surface area contributed by atoms with E-state index in [0.29, 0.717) is 13.0 Å². The van der Waals surface area contributed by atoms with Crippen LogP contribution in [0.25, 0.3) is 0 Å². The summed E-state index contributed by atoms with van der Waals surface area (Å²) in [5.41, 5.74) is 0. The van der Waals surface area contributed by atoms with E-state index in [-0.39, 0.29) is 24.7 Å². The summed E-state index contributed by atoms with van der Waals surface area (Å²) in [6, 6.07) is 0. The predicted octanol–water partition coefficient (Wildman–Crippen LogP) is -0.441. The Bertz CT molecular complexity index is 202. The number of aliphatic hydroxyl groups excluding tert-OH is 1. The van der Waals surface area contributed by atoms with Crippen molar-refractivity contribution in [2.45, 2.75) is 25.9 Å². The van der Waals surface area contributed by atoms with Gasteiger partial charge in [0.25, 0.3) is 0 Å². The monoisotopic (exact) mass is 171 g/mol. The summed E-state index contributed by atoms with van der Waals surface area (Å²) < 4.78 is 0. The van der Waals surface area contributed by atoms with Gasteiger partial charge in [0.1, 0.15) is 0 Å². The van der Waals surface area contributed by atoms with Gasteiger partial charge in [0.2, 0.25) is 5.91 Å². The lowest BCUT2D eigenvalue weighted by Crippen LogP contribution is -2.33. The molecule has 1 amide bonds. The Balaban J connectivity index is 2.43. The standard InChI is InChI=1S/C8H13NO3/c1-2-6(10)4-9-5-7(11)3-8(9)12/h6,10H,2-5H2,1H3. The molecule has 1 atom stereocenters. The Morgan fingerprint density at radius 1 is 1.58 bits per heavy atom. The minimum Gasteiger partial charge on any atom is -0.391 e. The molecule has 0 bridgehead atoms. The van der Waals surface area contributed by atoms with Gasteiger partial charge >= 0.3 is 0 Å². The molecule has 1 saturated heterocycles. The number of nitrogens with zero attached hydrogens (tertiary/aromatic N) is 1. The molecule has 1 N–H and O–H groups in total. The SMILES string of the molecule is CCC(O)CN1CC(=O)CC1=O. The van der Waals surface area contributed by atoms with E-state index in [2.05, 4.69) is 0 Å². The van der Waals surface area contributed by atoms with Gasteiger partial charge in [0.15, 0.2) is 5.78 Å². The average Bonchev–Trinajstić information content (AvgIpc) is 2.30. The first-order chi connectivity index (χ1) is 5.63. The van der Waals surface area contributed by atoms with Gasteiger partial charge in [-0.25, -0.2) is 0 Å². The van der Waals surface area contributed by atoms with Crippen LogP contribution in [0.15, 0.2) is 0 Å². The smallest absolute Gasteiger partial charge is 0.230 e. The van der Waals surface area contributed by atoms with E-state index in [9.17, 15) is 14.7 Å². The van der Waals surface area contributed by atoms with E-state index in [0.717, 1.165) is 0 Å². The molecule has 0 aromatic heterocycles. The summed E-state index contributed by atoms with van der Waals surface area (Å²) in [5.74, 6) is -0.212. The van der Waals surface area contributed by atoms with Crippen LogP contribution in [0, 0.1) is 0 Å². The Labute approximate surface area is 71.2 Å². The molecule has 0 aromatic rings. The fourth-order valence-corrected chi connectivity index (χ4v) is 1.19. The molecule has 0 aromatic carbocycles. The van der Waals surface area contributed by atoms with E-state index in [1.165, 1.54) is 4.90 Å². The Kier molecular flexibility index (Phi) is 2.81. The number of carbonyl (C=O) groups excluding carboxylic acids is 2. The topological polar surface area (TPSA) is 57.6 Å². The van der Waals surface area contributed by atoms with Crippen LogP contribution in [-0.4, -0.2) is 40.9 Å². The molecule has 1 heterocycles. The van der Waals surface area contributed by atoms with Crippen LogP contribution in [0.2, 0.25) is 0 Å². The van der Waals surface area contributed by atoms with E-state index in [4.69, 9.17) is 0 Å². The second-order valence-electron chi connectivity index (χ2n) is 3.05. The molecule has 4 nitrogen and oxygen atoms in total. The van der Waals surface area contributed by atoms with Gasteiger partial charge in [-0.3, -0.25) is 9.59 Å². The maximum atomic E-state index is 11.0. The first-order valence-electron chi connectivity index (χ1n) is 4.11. The zero-order valence-corrected chi connectivity index (χ0v) is 7.12. The van der Waals surface area contributed by atoms with Crippen molar-refractivity contribution in [3.63, 3.8) is 0 Å². The zero-order valence-electron chi connectivity index (χ0n) is 7.12. The van der Waals surface area contributed by atoms with Crippen LogP contribution in [0.4, 0.5) is 0 Å². The van der Waals surface area contributed by atoms with Crippen LogP contribution in [-0.2, 0) is 9.59 Å². The summed E-state index contributed by atoms with van der Waals surface area (Å²) >= 11 is 0. The van der Waals surface area contributed by atoms with Crippen LogP contribution >= 0.6 is 0 Å². The predicted molar refractivity (Wildman–Crippen MR) is 42.5 cm³/mol. The highest BCUT2D eigenvalue weighted by molar-refractivity contribution is 6.05. The first kappa shape index (κ1) is 9.19. The van der Waals surface area contributed by atoms with Crippen LogP contribution < -0.4 is 0 Å². The fourth-order valence-electron chi connectivity index (χ4n) is 1.19. The minimum absolute atomic E-state index is 0.0104. The molecule has 1 unspecified atom stereocenters. The number of Topliss-reactive ketones (excluding diaryl/α,β-unsaturated/α-hetero) is 1. The molecule has 0 radical (unpaired) electrons. The highest BCUT2D eigenvalue weighted by atomic mass is 16.3. The third-order valence-corrected chi connectivity index (χ3v) is 1.97. The zero-order chi connectivity index (χ0) is 9.14. The molecular formula is C8H13NO3. The normalized spacial score (nSPS) is 20.3. The highest BCUT2D eigenvalue weighted by Crippen LogP contribution is 2.07. The van der Waals surface area contributed by atoms with Crippen molar-refractivity contribution < 1.29 is 14.7 Å². The number of rotatable bonds is 3. The number of likely N-dealkylation sites (tertiary alicyclic amines) is 1. The van der Waals surface area contributed by atoms with Gasteiger partial charge in [0.05, 0.1) is 19.1 Å². The lowest BCUT2D eigenvalue weighted by molar-refractivity contribution is -0.129. The molecule has 68 valence electrons. The molecule has 1 fully saturated rings. The number of hydrogen-bond donors (Lipinski definition) is 1. The number of carbonyl (C=O) groups is 2. The summed E-state index contributed by atoms with van der Waals surface area (Å²) in [6.45, 7) is 2.31. The van der Waals surface area contributed by atoms with Gasteiger partial charge in [-0.2, -0.15) is 0 Å². The minimum atomic E-state index is -0.500. The van der Waals surface area contributed by atoms with Crippen LogP contribution in [0.5, 0.6) is 0 Å². The van der Waals surface area contributed by atoms with Crippen molar-refractivity contribution in [2.24, 2.45) is 0 Å². The molecule has 0 spiro atoms. The van der Waals surface area contributed by atoms with Gasteiger partial charge in [-0.15, -0.1) is 0 Å². The molecular weight excluding hydrogens is 158 g/mol. The van der Waals surface area contributed by atoms with Crippen molar-refractivity contribution >= 4 is 11.7 Å². The molecule has 4 heteroatoms. The highest BCUT2D eigenvalue weighted by Gasteiger charge is 2.28. The number of amides is 1. The lowest BCUT2D eigenvalue weighted by Gasteiger charge is -2.17. The summed E-state index contributed by atoms with van der Waals surface area (Å²) in [5, 5.41) is 9.22. The van der Waals surface area contributed by atoms with Crippen molar-refractivity contribution in [1.82, 2.24) is 4.90 Å². The Morgan fingerprint density at radius 2 is 2.25 bits per heavy atom. The quantitative estimate of drug-likeness (QED) is 0.585. The number of β-amino-alcohol motifs (C(OH)–C–C–N with tert-alkyl or cyclic N) is 1. The van der Waals surface area contributed by atoms with Gasteiger partial charge in [-0.1, -0.05) is 6.92 Å². The van der Waals surface area contributed by atoms with Crippen molar-refractivity contribution in [2.75, 3.05) is 13.1 Å². The van der Waals surface area contributed by atoms with Gasteiger partial charge in [-0.05, 0) is 6.42 Å². The van der Waals surface area contributed by atoms with Crippen LogP contribution in [0.3, 0.4) is 0 Å². The third kappa shape index (κ3) is 2.04. The van der Waals surface area contributed by atoms with Crippen molar-refractivity contribution in [1.29, 1.82) is 0 Å². The molecule has 12 heavy (non-hydrogen) atoms. The van der Waals surface area contributed by atoms with Crippen LogP contribution in [0.1, 0.15) is 19.8 Å². The summed E-state index contributed by atoms with van der Waals surface area (Å²) in [6.07, 6.45) is 0.119. The second kappa shape index (κ2) is 3.67. The third-order valence-electron chi connectivity index (χ3n) is 1.97. The largest absolute Gasteiger partial charge is 0.391 e. The van der Waals surface area contributed by atoms with Gasteiger partial charge in [0, 0.05) is 6.54 Å². The van der Waals surface area contributed by atoms with Crippen molar-refractivity contribution in [3.05, 3.63) is 0 Å². The average molecular weight is 171 g/mol. The maximum absolute atomic E-state index is 11.0. The number of hydrogen-bond acceptors (Lipinski definition) is 3. The molecule has 1 aliphatic heterocycles. The van der Waals surface area contributed by atoms with Gasteiger partial charge < -0.3 is 10.0 Å². The molecule has 1 aliphatic rings. The number of aliphatic hydroxyl groups is 1. The van der Waals surface area contributed by atoms with E-state index in [1.807, 2.05) is 6.92 Å².